The Morgan fingerprint density at radius 3 is 2.47 bits per heavy atom. The lowest BCUT2D eigenvalue weighted by atomic mass is 9.66. The Morgan fingerprint density at radius 2 is 1.90 bits per heavy atom. The molecule has 5 unspecified atom stereocenters. The first kappa shape index (κ1) is 23.7. The van der Waals surface area contributed by atoms with Crippen molar-refractivity contribution in [3.8, 4) is 0 Å². The first-order chi connectivity index (χ1) is 13.7. The largest absolute Gasteiger partial charge is 0.394 e. The quantitative estimate of drug-likeness (QED) is 0.541. The van der Waals surface area contributed by atoms with Crippen LogP contribution >= 0.6 is 0 Å². The van der Waals surface area contributed by atoms with Gasteiger partial charge in [0.2, 0.25) is 5.91 Å². The van der Waals surface area contributed by atoms with Crippen LogP contribution in [0.1, 0.15) is 46.0 Å². The smallest absolute Gasteiger partial charge is 0.391 e. The molecular formula is C18H29F4N3O4S. The molecular weight excluding hydrogens is 430 g/mol. The van der Waals surface area contributed by atoms with E-state index in [1.807, 2.05) is 0 Å². The Hall–Kier alpha value is -0.980. The van der Waals surface area contributed by atoms with Crippen molar-refractivity contribution in [3.63, 3.8) is 0 Å². The van der Waals surface area contributed by atoms with E-state index in [4.69, 9.17) is 0 Å². The predicted octanol–water partition coefficient (Wildman–Crippen LogP) is 1.49. The number of aliphatic hydroxyl groups is 1. The summed E-state index contributed by atoms with van der Waals surface area (Å²) in [6, 6.07) is -1.53. The highest BCUT2D eigenvalue weighted by atomic mass is 32.2. The molecule has 0 aromatic rings. The minimum absolute atomic E-state index is 0.110. The summed E-state index contributed by atoms with van der Waals surface area (Å²) in [7, 11) is -4.19. The van der Waals surface area contributed by atoms with Crippen LogP contribution in [0.3, 0.4) is 0 Å². The number of halogens is 4. The van der Waals surface area contributed by atoms with Gasteiger partial charge in [0.05, 0.1) is 24.1 Å². The van der Waals surface area contributed by atoms with Gasteiger partial charge in [-0.05, 0) is 50.5 Å². The van der Waals surface area contributed by atoms with E-state index in [2.05, 4.69) is 5.32 Å². The zero-order valence-corrected chi connectivity index (χ0v) is 17.8. The molecule has 3 fully saturated rings. The summed E-state index contributed by atoms with van der Waals surface area (Å²) >= 11 is 0. The van der Waals surface area contributed by atoms with Crippen molar-refractivity contribution in [3.05, 3.63) is 0 Å². The Morgan fingerprint density at radius 1 is 1.23 bits per heavy atom. The molecule has 1 amide bonds. The Balaban J connectivity index is 1.63. The maximum absolute atomic E-state index is 15.4. The monoisotopic (exact) mass is 459 g/mol. The number of aliphatic hydroxyl groups excluding tert-OH is 1. The van der Waals surface area contributed by atoms with E-state index in [1.165, 1.54) is 0 Å². The van der Waals surface area contributed by atoms with Crippen molar-refractivity contribution in [2.24, 2.45) is 17.3 Å². The van der Waals surface area contributed by atoms with Gasteiger partial charge in [-0.2, -0.15) is 25.9 Å². The van der Waals surface area contributed by atoms with E-state index in [1.54, 1.807) is 4.72 Å². The van der Waals surface area contributed by atoms with E-state index in [0.29, 0.717) is 23.6 Å². The van der Waals surface area contributed by atoms with E-state index >= 15 is 4.39 Å². The predicted molar refractivity (Wildman–Crippen MR) is 100 cm³/mol. The molecule has 3 aliphatic rings. The van der Waals surface area contributed by atoms with Gasteiger partial charge in [-0.15, -0.1) is 0 Å². The van der Waals surface area contributed by atoms with Crippen LogP contribution in [0.2, 0.25) is 0 Å². The molecule has 2 aliphatic carbocycles. The van der Waals surface area contributed by atoms with Crippen molar-refractivity contribution < 1.29 is 35.9 Å². The minimum Gasteiger partial charge on any atom is -0.391 e. The second-order valence-electron chi connectivity index (χ2n) is 9.33. The lowest BCUT2D eigenvalue weighted by Crippen LogP contribution is -2.59. The summed E-state index contributed by atoms with van der Waals surface area (Å²) in [5.74, 6) is -1.44. The molecule has 174 valence electrons. The summed E-state index contributed by atoms with van der Waals surface area (Å²) in [4.78, 5) is 11.5. The number of fused-ring (bicyclic) bond motifs is 1. The second kappa shape index (κ2) is 8.18. The van der Waals surface area contributed by atoms with Crippen LogP contribution in [-0.2, 0) is 15.0 Å². The van der Waals surface area contributed by atoms with Gasteiger partial charge in [-0.25, -0.2) is 9.11 Å². The first-order valence-electron chi connectivity index (χ1n) is 10.2. The van der Waals surface area contributed by atoms with Crippen LogP contribution in [0.15, 0.2) is 0 Å². The van der Waals surface area contributed by atoms with Gasteiger partial charge in [0, 0.05) is 6.04 Å². The maximum atomic E-state index is 15.4. The SMILES string of the molecule is CC(C)(CCN[C@@H]1CCC2CC(O)C(N3CC(=O)NS3(=O)=O)C(F)C2C1)C(F)(F)F. The van der Waals surface area contributed by atoms with Gasteiger partial charge < -0.3 is 10.4 Å². The molecule has 1 heterocycles. The topological polar surface area (TPSA) is 98.7 Å². The summed E-state index contributed by atoms with van der Waals surface area (Å²) in [6.07, 6.45) is -5.49. The van der Waals surface area contributed by atoms with E-state index < -0.39 is 58.5 Å². The van der Waals surface area contributed by atoms with Crippen LogP contribution in [0.5, 0.6) is 0 Å². The minimum atomic E-state index is -4.31. The fourth-order valence-corrected chi connectivity index (χ4v) is 6.19. The molecule has 0 radical (unpaired) electrons. The lowest BCUT2D eigenvalue weighted by molar-refractivity contribution is -0.213. The van der Waals surface area contributed by atoms with Crippen molar-refractivity contribution >= 4 is 16.1 Å². The molecule has 1 aliphatic heterocycles. The Bertz CT molecular complexity index is 761. The normalized spacial score (nSPS) is 37.6. The van der Waals surface area contributed by atoms with Crippen LogP contribution < -0.4 is 10.0 Å². The highest BCUT2D eigenvalue weighted by molar-refractivity contribution is 7.88. The number of amides is 1. The maximum Gasteiger partial charge on any atom is 0.394 e. The number of carbonyl (C=O) groups excluding carboxylic acids is 1. The number of rotatable bonds is 5. The third-order valence-corrected chi connectivity index (χ3v) is 8.33. The number of alkyl halides is 4. The summed E-state index contributed by atoms with van der Waals surface area (Å²) < 4.78 is 81.2. The first-order valence-corrected chi connectivity index (χ1v) is 11.6. The zero-order chi connectivity index (χ0) is 22.5. The molecule has 0 aromatic carbocycles. The van der Waals surface area contributed by atoms with Gasteiger partial charge >= 0.3 is 16.4 Å². The average Bonchev–Trinajstić information content (AvgIpc) is 2.86. The molecule has 0 spiro atoms. The Labute approximate surface area is 173 Å². The summed E-state index contributed by atoms with van der Waals surface area (Å²) in [5, 5.41) is 13.5. The molecule has 3 rings (SSSR count). The molecule has 6 atom stereocenters. The molecule has 1 saturated heterocycles. The van der Waals surface area contributed by atoms with Gasteiger partial charge in [-0.1, -0.05) is 13.8 Å². The molecule has 12 heteroatoms. The van der Waals surface area contributed by atoms with E-state index in [-0.39, 0.29) is 31.3 Å². The van der Waals surface area contributed by atoms with E-state index in [0.717, 1.165) is 13.8 Å². The fourth-order valence-electron chi connectivity index (χ4n) is 4.86. The van der Waals surface area contributed by atoms with Gasteiger partial charge in [0.1, 0.15) is 6.17 Å². The van der Waals surface area contributed by atoms with Gasteiger partial charge in [0.15, 0.2) is 0 Å². The molecule has 3 N–H and O–H groups in total. The van der Waals surface area contributed by atoms with Gasteiger partial charge in [0.25, 0.3) is 0 Å². The lowest BCUT2D eigenvalue weighted by Gasteiger charge is -2.48. The van der Waals surface area contributed by atoms with Crippen LogP contribution in [0.4, 0.5) is 17.6 Å². The third-order valence-electron chi connectivity index (χ3n) is 6.86. The number of nitrogens with one attached hydrogen (secondary N) is 2. The van der Waals surface area contributed by atoms with Crippen molar-refractivity contribution in [2.75, 3.05) is 13.1 Å². The summed E-state index contributed by atoms with van der Waals surface area (Å²) in [6.45, 7) is 1.89. The second-order valence-corrected chi connectivity index (χ2v) is 11.0. The third kappa shape index (κ3) is 4.61. The van der Waals surface area contributed by atoms with Crippen LogP contribution in [0.25, 0.3) is 0 Å². The van der Waals surface area contributed by atoms with E-state index in [9.17, 15) is 31.5 Å². The van der Waals surface area contributed by atoms with Crippen molar-refractivity contribution in [1.82, 2.24) is 14.3 Å². The van der Waals surface area contributed by atoms with Crippen molar-refractivity contribution in [2.45, 2.75) is 76.5 Å². The van der Waals surface area contributed by atoms with Gasteiger partial charge in [-0.3, -0.25) is 4.79 Å². The highest BCUT2D eigenvalue weighted by Crippen LogP contribution is 2.45. The van der Waals surface area contributed by atoms with Crippen LogP contribution in [-0.4, -0.2) is 67.4 Å². The summed E-state index contributed by atoms with van der Waals surface area (Å²) in [5.41, 5.74) is -1.83. The zero-order valence-electron chi connectivity index (χ0n) is 17.0. The van der Waals surface area contributed by atoms with Crippen molar-refractivity contribution in [1.29, 1.82) is 0 Å². The number of hydrogen-bond donors (Lipinski definition) is 3. The molecule has 0 bridgehead atoms. The highest BCUT2D eigenvalue weighted by Gasteiger charge is 2.54. The average molecular weight is 460 g/mol. The number of hydrogen-bond acceptors (Lipinski definition) is 5. The van der Waals surface area contributed by atoms with Crippen LogP contribution in [0, 0.1) is 17.3 Å². The molecule has 2 saturated carbocycles. The number of nitrogens with zero attached hydrogens (tertiary/aromatic N) is 1. The number of carbonyl (C=O) groups is 1. The molecule has 30 heavy (non-hydrogen) atoms. The molecule has 0 aromatic heterocycles. The fraction of sp³-hybridized carbons (Fsp3) is 0.944. The Kier molecular flexibility index (Phi) is 6.45. The molecule has 7 nitrogen and oxygen atoms in total. The standard InChI is InChI=1S/C18H29F4N3O4S/c1-17(2,18(20,21)22)5-6-23-11-4-3-10-7-13(26)16(15(19)12(10)8-11)25-9-14(27)24-30(25,28)29/h10-13,15-16,23,26H,3-9H2,1-2H3,(H,24,27)/t10?,11-,12?,13?,15?,16?/m1/s1.